The second-order valence-corrected chi connectivity index (χ2v) is 10.6. The number of rotatable bonds is 6. The smallest absolute Gasteiger partial charge is 0.282 e. The van der Waals surface area contributed by atoms with Crippen LogP contribution in [0.2, 0.25) is 0 Å². The molecule has 0 aliphatic carbocycles. The molecule has 0 saturated carbocycles. The molecule has 7 aromatic rings. The van der Waals surface area contributed by atoms with Crippen molar-refractivity contribution in [2.24, 2.45) is 5.10 Å². The third kappa shape index (κ3) is 4.76. The summed E-state index contributed by atoms with van der Waals surface area (Å²) in [5.41, 5.74) is 1.92. The van der Waals surface area contributed by atoms with Crippen LogP contribution in [0.1, 0.15) is 11.1 Å². The van der Waals surface area contributed by atoms with Crippen molar-refractivity contribution in [2.45, 2.75) is 6.61 Å². The molecule has 0 aliphatic rings. The molecule has 0 radical (unpaired) electrons. The van der Waals surface area contributed by atoms with Gasteiger partial charge in [0.1, 0.15) is 23.8 Å². The highest BCUT2D eigenvalue weighted by molar-refractivity contribution is 9.10. The fourth-order valence-electron chi connectivity index (χ4n) is 4.94. The lowest BCUT2D eigenvalue weighted by atomic mass is 10.0. The van der Waals surface area contributed by atoms with Gasteiger partial charge in [-0.25, -0.2) is 9.37 Å². The van der Waals surface area contributed by atoms with Gasteiger partial charge in [-0.05, 0) is 59.3 Å². The Labute approximate surface area is 247 Å². The van der Waals surface area contributed by atoms with E-state index in [1.54, 1.807) is 42.6 Å². The number of furan rings is 1. The van der Waals surface area contributed by atoms with Gasteiger partial charge in [-0.15, -0.1) is 0 Å². The molecule has 42 heavy (non-hydrogen) atoms. The van der Waals surface area contributed by atoms with Crippen molar-refractivity contribution in [2.75, 3.05) is 0 Å². The topological polar surface area (TPSA) is 69.6 Å². The van der Waals surface area contributed by atoms with Gasteiger partial charge in [0.2, 0.25) is 5.82 Å². The Morgan fingerprint density at radius 2 is 1.67 bits per heavy atom. The first-order valence-corrected chi connectivity index (χ1v) is 14.0. The lowest BCUT2D eigenvalue weighted by Gasteiger charge is -2.13. The minimum absolute atomic E-state index is 0.0309. The van der Waals surface area contributed by atoms with Gasteiger partial charge in [0.15, 0.2) is 5.76 Å². The monoisotopic (exact) mass is 617 g/mol. The van der Waals surface area contributed by atoms with Gasteiger partial charge in [0, 0.05) is 21.0 Å². The molecule has 8 heteroatoms. The van der Waals surface area contributed by atoms with Crippen molar-refractivity contribution >= 4 is 54.8 Å². The van der Waals surface area contributed by atoms with Crippen molar-refractivity contribution < 1.29 is 13.5 Å². The molecule has 204 valence electrons. The lowest BCUT2D eigenvalue weighted by molar-refractivity contribution is 0.300. The van der Waals surface area contributed by atoms with Crippen LogP contribution in [-0.4, -0.2) is 15.9 Å². The van der Waals surface area contributed by atoms with Gasteiger partial charge in [-0.1, -0.05) is 76.6 Å². The number of benzene rings is 5. The van der Waals surface area contributed by atoms with Gasteiger partial charge >= 0.3 is 0 Å². The first-order valence-electron chi connectivity index (χ1n) is 13.2. The fourth-order valence-corrected chi connectivity index (χ4v) is 5.31. The Hall–Kier alpha value is -5.08. The Kier molecular flexibility index (Phi) is 6.60. The summed E-state index contributed by atoms with van der Waals surface area (Å²) in [7, 11) is 0. The molecule has 6 nitrogen and oxygen atoms in total. The molecule has 5 aromatic carbocycles. The molecule has 0 bridgehead atoms. The minimum Gasteiger partial charge on any atom is -0.488 e. The number of para-hydroxylation sites is 1. The van der Waals surface area contributed by atoms with E-state index in [0.717, 1.165) is 20.6 Å². The van der Waals surface area contributed by atoms with E-state index in [-0.39, 0.29) is 23.8 Å². The van der Waals surface area contributed by atoms with Crippen LogP contribution in [0.5, 0.6) is 5.75 Å². The number of halogens is 2. The van der Waals surface area contributed by atoms with Crippen LogP contribution in [0.3, 0.4) is 0 Å². The van der Waals surface area contributed by atoms with Gasteiger partial charge in [-0.2, -0.15) is 9.78 Å². The maximum Gasteiger partial charge on any atom is 0.282 e. The summed E-state index contributed by atoms with van der Waals surface area (Å²) in [5, 5.41) is 7.77. The van der Waals surface area contributed by atoms with Crippen molar-refractivity contribution in [3.63, 3.8) is 0 Å². The number of hydrogen-bond donors (Lipinski definition) is 0. The average Bonchev–Trinajstić information content (AvgIpc) is 3.43. The highest BCUT2D eigenvalue weighted by Gasteiger charge is 2.17. The van der Waals surface area contributed by atoms with Gasteiger partial charge in [0.25, 0.3) is 5.56 Å². The second kappa shape index (κ2) is 10.7. The van der Waals surface area contributed by atoms with E-state index < -0.39 is 0 Å². The molecule has 7 rings (SSSR count). The van der Waals surface area contributed by atoms with E-state index in [1.807, 2.05) is 66.7 Å². The molecule has 0 fully saturated rings. The number of nitrogens with zero attached hydrogens (tertiary/aromatic N) is 3. The van der Waals surface area contributed by atoms with Gasteiger partial charge in [-0.3, -0.25) is 4.79 Å². The number of ether oxygens (including phenoxy) is 1. The average molecular weight is 618 g/mol. The predicted octanol–water partition coefficient (Wildman–Crippen LogP) is 8.33. The molecule has 2 heterocycles. The Morgan fingerprint density at radius 3 is 2.55 bits per heavy atom. The molecule has 0 N–H and O–H groups in total. The normalized spacial score (nSPS) is 11.7. The Balaban J connectivity index is 1.39. The first kappa shape index (κ1) is 25.9. The zero-order chi connectivity index (χ0) is 28.6. The van der Waals surface area contributed by atoms with E-state index in [2.05, 4.69) is 21.0 Å². The lowest BCUT2D eigenvalue weighted by Crippen LogP contribution is -2.20. The Morgan fingerprint density at radius 1 is 0.881 bits per heavy atom. The third-order valence-corrected chi connectivity index (χ3v) is 7.52. The molecule has 0 amide bonds. The maximum absolute atomic E-state index is 14.3. The molecule has 0 spiro atoms. The number of fused-ring (bicyclic) bond motifs is 3. The number of hydrogen-bond acceptors (Lipinski definition) is 5. The van der Waals surface area contributed by atoms with Crippen molar-refractivity contribution in [3.8, 4) is 17.3 Å². The van der Waals surface area contributed by atoms with E-state index in [9.17, 15) is 9.18 Å². The first-order chi connectivity index (χ1) is 20.5. The molecule has 0 atom stereocenters. The predicted molar refractivity (Wildman–Crippen MR) is 167 cm³/mol. The summed E-state index contributed by atoms with van der Waals surface area (Å²) >= 11 is 3.50. The van der Waals surface area contributed by atoms with Crippen LogP contribution in [0.15, 0.2) is 128 Å². The summed E-state index contributed by atoms with van der Waals surface area (Å²) < 4.78 is 28.7. The maximum atomic E-state index is 14.3. The summed E-state index contributed by atoms with van der Waals surface area (Å²) in [6.07, 6.45) is 1.58. The molecule has 0 aliphatic heterocycles. The summed E-state index contributed by atoms with van der Waals surface area (Å²) in [6.45, 7) is 0.0309. The fraction of sp³-hybridized carbons (Fsp3) is 0.0294. The van der Waals surface area contributed by atoms with E-state index in [4.69, 9.17) is 14.1 Å². The van der Waals surface area contributed by atoms with E-state index >= 15 is 0 Å². The van der Waals surface area contributed by atoms with Crippen molar-refractivity contribution in [1.82, 2.24) is 9.66 Å². The summed E-state index contributed by atoms with van der Waals surface area (Å²) in [5.74, 6) is 0.816. The second-order valence-electron chi connectivity index (χ2n) is 9.69. The number of aromatic nitrogens is 2. The highest BCUT2D eigenvalue weighted by atomic mass is 79.9. The zero-order valence-corrected chi connectivity index (χ0v) is 23.6. The molecular weight excluding hydrogens is 597 g/mol. The summed E-state index contributed by atoms with van der Waals surface area (Å²) in [4.78, 5) is 18.6. The van der Waals surface area contributed by atoms with Crippen LogP contribution >= 0.6 is 15.9 Å². The molecule has 0 unspecified atom stereocenters. The largest absolute Gasteiger partial charge is 0.488 e. The minimum atomic E-state index is -0.345. The standard InChI is InChI=1S/C34H21BrFN3O3/c35-24-14-16-30-23(17-24)18-32(42-30)33-38-29-12-6-4-10-26(29)34(40)39(33)37-19-27-25-9-3-1-7-21(25)13-15-31(27)41-20-22-8-2-5-11-28(22)36/h1-19H,20H2. The van der Waals surface area contributed by atoms with Crippen LogP contribution in [0.4, 0.5) is 4.39 Å². The van der Waals surface area contributed by atoms with Gasteiger partial charge < -0.3 is 9.15 Å². The Bertz CT molecular complexity index is 2220. The zero-order valence-electron chi connectivity index (χ0n) is 22.0. The van der Waals surface area contributed by atoms with Crippen LogP contribution in [0.25, 0.3) is 44.2 Å². The van der Waals surface area contributed by atoms with E-state index in [0.29, 0.717) is 39.1 Å². The summed E-state index contributed by atoms with van der Waals surface area (Å²) in [6, 6.07) is 32.7. The van der Waals surface area contributed by atoms with Crippen LogP contribution in [-0.2, 0) is 6.61 Å². The highest BCUT2D eigenvalue weighted by Crippen LogP contribution is 2.30. The quantitative estimate of drug-likeness (QED) is 0.176. The molecule has 2 aromatic heterocycles. The van der Waals surface area contributed by atoms with E-state index in [1.165, 1.54) is 10.7 Å². The van der Waals surface area contributed by atoms with Gasteiger partial charge in [0.05, 0.1) is 17.1 Å². The van der Waals surface area contributed by atoms with Crippen LogP contribution in [0, 0.1) is 5.82 Å². The molecule has 0 saturated heterocycles. The SMILES string of the molecule is O=c1c2ccccc2nc(-c2cc3cc(Br)ccc3o2)n1N=Cc1c(OCc2ccccc2F)ccc2ccccc12. The van der Waals surface area contributed by atoms with Crippen molar-refractivity contribution in [1.29, 1.82) is 0 Å². The van der Waals surface area contributed by atoms with Crippen LogP contribution < -0.4 is 10.3 Å². The van der Waals surface area contributed by atoms with Crippen molar-refractivity contribution in [3.05, 3.63) is 141 Å². The molecular formula is C34H21BrFN3O3. The third-order valence-electron chi connectivity index (χ3n) is 7.03.